The van der Waals surface area contributed by atoms with Crippen LogP contribution in [-0.4, -0.2) is 15.8 Å². The van der Waals surface area contributed by atoms with E-state index in [2.05, 4.69) is 416 Å². The first-order chi connectivity index (χ1) is 56.7. The van der Waals surface area contributed by atoms with Gasteiger partial charge in [0.25, 0.3) is 6.71 Å². The van der Waals surface area contributed by atoms with Crippen LogP contribution < -0.4 is 26.2 Å². The third kappa shape index (κ3) is 9.15. The maximum absolute atomic E-state index is 2.75. The van der Waals surface area contributed by atoms with Crippen LogP contribution in [0.25, 0.3) is 186 Å². The van der Waals surface area contributed by atoms with Crippen LogP contribution >= 0.6 is 0 Å². The number of hydrogen-bond acceptors (Lipinski definition) is 2. The van der Waals surface area contributed by atoms with E-state index in [4.69, 9.17) is 0 Å². The fraction of sp³-hybridized carbons (Fsp3) is 0.0364. The Morgan fingerprint density at radius 3 is 0.800 bits per heavy atom. The minimum absolute atomic E-state index is 0.288. The monoisotopic (exact) mass is 1460 g/mol. The van der Waals surface area contributed by atoms with Crippen molar-refractivity contribution < 1.29 is 0 Å². The van der Waals surface area contributed by atoms with Crippen LogP contribution in [0.5, 0.6) is 0 Å². The van der Waals surface area contributed by atoms with Crippen molar-refractivity contribution in [1.82, 2.24) is 9.13 Å². The Morgan fingerprint density at radius 1 is 0.226 bits per heavy atom. The van der Waals surface area contributed by atoms with Gasteiger partial charge in [-0.3, -0.25) is 0 Å². The largest absolute Gasteiger partial charge is 0.310 e. The Hall–Kier alpha value is -14.5. The maximum Gasteiger partial charge on any atom is 0.252 e. The zero-order chi connectivity index (χ0) is 75.6. The van der Waals surface area contributed by atoms with Gasteiger partial charge < -0.3 is 18.9 Å². The summed E-state index contributed by atoms with van der Waals surface area (Å²) in [5.41, 5.74) is 31.9. The van der Waals surface area contributed by atoms with E-state index in [0.717, 1.165) is 112 Å². The van der Waals surface area contributed by atoms with Crippen LogP contribution in [0.3, 0.4) is 0 Å². The van der Waals surface area contributed by atoms with Crippen molar-refractivity contribution in [3.05, 3.63) is 382 Å². The molecule has 5 heteroatoms. The molecule has 0 fully saturated rings. The fourth-order valence-corrected chi connectivity index (χ4v) is 20.8. The van der Waals surface area contributed by atoms with Gasteiger partial charge in [0, 0.05) is 77.9 Å². The molecule has 0 saturated heterocycles. The lowest BCUT2D eigenvalue weighted by atomic mass is 9.33. The third-order valence-corrected chi connectivity index (χ3v) is 25.8. The molecule has 0 N–H and O–H groups in total. The highest BCUT2D eigenvalue weighted by Gasteiger charge is 2.47. The van der Waals surface area contributed by atoms with Gasteiger partial charge in [-0.15, -0.1) is 0 Å². The molecule has 0 bridgehead atoms. The quantitative estimate of drug-likeness (QED) is 0.0771. The van der Waals surface area contributed by atoms with Crippen LogP contribution in [0.1, 0.15) is 26.3 Å². The van der Waals surface area contributed by atoms with Crippen molar-refractivity contribution in [2.24, 2.45) is 0 Å². The Labute approximate surface area is 665 Å². The average molecular weight is 1460 g/mol. The topological polar surface area (TPSA) is 16.3 Å². The Morgan fingerprint density at radius 2 is 0.513 bits per heavy atom. The van der Waals surface area contributed by atoms with Crippen LogP contribution in [0.2, 0.25) is 0 Å². The number of hydrogen-bond donors (Lipinski definition) is 0. The lowest BCUT2D eigenvalue weighted by Gasteiger charge is -2.46. The molecule has 2 aliphatic rings. The molecule has 0 saturated carbocycles. The lowest BCUT2D eigenvalue weighted by Crippen LogP contribution is -2.61. The van der Waals surface area contributed by atoms with E-state index in [1.165, 1.54) is 130 Å². The van der Waals surface area contributed by atoms with Gasteiger partial charge in [0.2, 0.25) is 0 Å². The zero-order valence-electron chi connectivity index (χ0n) is 63.7. The molecule has 0 amide bonds. The molecule has 21 aromatic carbocycles. The highest BCUT2D eigenvalue weighted by molar-refractivity contribution is 7.00. The molecule has 2 aromatic heterocycles. The summed E-state index contributed by atoms with van der Waals surface area (Å²) < 4.78 is 5.20. The van der Waals surface area contributed by atoms with E-state index < -0.39 is 0 Å². The number of anilines is 6. The molecule has 0 aliphatic carbocycles. The van der Waals surface area contributed by atoms with Crippen molar-refractivity contribution >= 4 is 165 Å². The summed E-state index contributed by atoms with van der Waals surface area (Å²) in [5.74, 6) is 0. The smallest absolute Gasteiger partial charge is 0.252 e. The normalized spacial score (nSPS) is 12.9. The lowest BCUT2D eigenvalue weighted by molar-refractivity contribution is 0.590. The number of rotatable bonds is 10. The summed E-state index contributed by atoms with van der Waals surface area (Å²) in [5, 5.41) is 20.7. The number of aromatic nitrogens is 2. The standard InChI is InChI=1S/C110H71BN4/c1-110(2,3)78-62-97-107-98(63-78)115(109-87(70-34-18-8-19-35-70)60-77(67-28-12-5-13-29-67)61-88(109)71-36-20-9-21-37-71)96-65-80(113-93-56-48-74-40-24-44-83-84-45-25-41-75-49-57-94(113)106(102(75)84)105(93)101(74)83)51-53-90(96)111(107)89-52-50-79(112-91-54-46-72-38-22-42-81-82-43-23-39-73-47-55-92(112)104(100(73)82)103(91)99(72)81)64-95(89)114(97)108-85(68-30-14-6-15-31-68)58-76(66-26-10-4-11-27-66)59-86(108)69-32-16-7-17-33-69/h4-65H,1-3H3. The average Bonchev–Trinajstić information content (AvgIpc) is 1.63. The summed E-state index contributed by atoms with van der Waals surface area (Å²) in [4.78, 5) is 5.50. The minimum atomic E-state index is -0.372. The third-order valence-electron chi connectivity index (χ3n) is 25.8. The van der Waals surface area contributed by atoms with Crippen LogP contribution in [0, 0.1) is 0 Å². The highest BCUT2D eigenvalue weighted by atomic mass is 15.2. The molecule has 4 heterocycles. The first-order valence-corrected chi connectivity index (χ1v) is 40.3. The van der Waals surface area contributed by atoms with Crippen LogP contribution in [0.4, 0.5) is 34.1 Å². The van der Waals surface area contributed by atoms with E-state index in [1.807, 2.05) is 0 Å². The Bertz CT molecular complexity index is 7130. The molecule has 23 aromatic rings. The molecular weight excluding hydrogens is 1390 g/mol. The van der Waals surface area contributed by atoms with Gasteiger partial charge in [0.05, 0.1) is 33.4 Å². The van der Waals surface area contributed by atoms with Gasteiger partial charge in [-0.2, -0.15) is 0 Å². The van der Waals surface area contributed by atoms with Gasteiger partial charge in [-0.05, 0) is 221 Å². The summed E-state index contributed by atoms with van der Waals surface area (Å²) in [7, 11) is 0. The van der Waals surface area contributed by atoms with Crippen molar-refractivity contribution in [2.45, 2.75) is 26.2 Å². The molecule has 115 heavy (non-hydrogen) atoms. The molecule has 534 valence electrons. The zero-order valence-corrected chi connectivity index (χ0v) is 63.7. The fourth-order valence-electron chi connectivity index (χ4n) is 20.8. The van der Waals surface area contributed by atoms with Crippen molar-refractivity contribution in [1.29, 1.82) is 0 Å². The van der Waals surface area contributed by atoms with Crippen molar-refractivity contribution in [2.75, 3.05) is 9.80 Å². The van der Waals surface area contributed by atoms with E-state index in [1.54, 1.807) is 0 Å². The SMILES string of the molecule is CC(C)(C)c1cc2c3c(c1)N(c1c(-c4ccccc4)cc(-c4ccccc4)cc1-c1ccccc1)c1cc(-n4c5ccc6cccc7c8cccc9ccc4c(c98)c5c67)ccc1B3c1ccc(-n3c4ccc5cccc6c7cccc8ccc3c(c87)c4c56)cc1N2c1c(-c2ccccc2)cc(-c2ccccc2)cc1-c1ccccc1. The van der Waals surface area contributed by atoms with Crippen LogP contribution in [-0.2, 0) is 5.41 Å². The van der Waals surface area contributed by atoms with E-state index in [9.17, 15) is 0 Å². The molecule has 0 radical (unpaired) electrons. The predicted octanol–water partition coefficient (Wildman–Crippen LogP) is 27.9. The molecule has 4 nitrogen and oxygen atoms in total. The minimum Gasteiger partial charge on any atom is -0.310 e. The molecule has 0 spiro atoms. The molecule has 0 unspecified atom stereocenters. The van der Waals surface area contributed by atoms with E-state index >= 15 is 0 Å². The second-order valence-corrected chi connectivity index (χ2v) is 32.9. The van der Waals surface area contributed by atoms with Crippen LogP contribution in [0.15, 0.2) is 376 Å². The Kier molecular flexibility index (Phi) is 13.4. The van der Waals surface area contributed by atoms with E-state index in [-0.39, 0.29) is 12.1 Å². The molecule has 0 atom stereocenters. The van der Waals surface area contributed by atoms with Crippen molar-refractivity contribution in [3.63, 3.8) is 0 Å². The number of benzene rings is 21. The van der Waals surface area contributed by atoms with E-state index in [0.29, 0.717) is 0 Å². The summed E-state index contributed by atoms with van der Waals surface area (Å²) in [6.07, 6.45) is 0. The summed E-state index contributed by atoms with van der Waals surface area (Å²) in [6, 6.07) is 144. The Balaban J connectivity index is 0.855. The van der Waals surface area contributed by atoms with Gasteiger partial charge in [0.15, 0.2) is 0 Å². The summed E-state index contributed by atoms with van der Waals surface area (Å²) >= 11 is 0. The highest BCUT2D eigenvalue weighted by Crippen LogP contribution is 2.58. The second kappa shape index (κ2) is 24.0. The number of nitrogens with zero attached hydrogens (tertiary/aromatic N) is 4. The first kappa shape index (κ1) is 64.2. The summed E-state index contributed by atoms with van der Waals surface area (Å²) in [6.45, 7) is 6.95. The number of fused-ring (bicyclic) bond motifs is 6. The maximum atomic E-state index is 2.75. The van der Waals surface area contributed by atoms with Crippen molar-refractivity contribution in [3.8, 4) is 78.1 Å². The molecule has 2 aliphatic heterocycles. The molecule has 25 rings (SSSR count). The first-order valence-electron chi connectivity index (χ1n) is 40.3. The molecular formula is C110H71BN4. The van der Waals surface area contributed by atoms with Gasteiger partial charge in [0.1, 0.15) is 0 Å². The van der Waals surface area contributed by atoms with Gasteiger partial charge in [-0.25, -0.2) is 0 Å². The second-order valence-electron chi connectivity index (χ2n) is 32.9. The van der Waals surface area contributed by atoms with Gasteiger partial charge >= 0.3 is 0 Å². The van der Waals surface area contributed by atoms with Gasteiger partial charge in [-0.1, -0.05) is 312 Å². The predicted molar refractivity (Wildman–Crippen MR) is 490 cm³/mol.